The molecule has 1 N–H and O–H groups in total. The van der Waals surface area contributed by atoms with Crippen LogP contribution in [0.4, 0.5) is 5.69 Å². The van der Waals surface area contributed by atoms with Gasteiger partial charge in [0.1, 0.15) is 12.6 Å². The van der Waals surface area contributed by atoms with E-state index in [1.807, 2.05) is 13.8 Å². The molecule has 3 rings (SSSR count). The minimum Gasteiger partial charge on any atom is -0.352 e. The van der Waals surface area contributed by atoms with Gasteiger partial charge < -0.3 is 10.2 Å². The van der Waals surface area contributed by atoms with Crippen LogP contribution in [0.2, 0.25) is 15.1 Å². The van der Waals surface area contributed by atoms with Crippen LogP contribution in [0.3, 0.4) is 0 Å². The molecule has 3 aromatic rings. The SMILES string of the molecule is CC[C@@H](C)NC(=O)[C@@H](C)N(Cc1ccc(Cl)cc1Cl)C(=O)CN(c1ccccc1C)S(=O)(=O)c1ccc(Cl)cc1. The fourth-order valence-electron chi connectivity index (χ4n) is 3.97. The van der Waals surface area contributed by atoms with Crippen LogP contribution in [0.1, 0.15) is 38.3 Å². The van der Waals surface area contributed by atoms with Gasteiger partial charge in [0.2, 0.25) is 11.8 Å². The number of carbonyl (C=O) groups is 2. The summed E-state index contributed by atoms with van der Waals surface area (Å²) >= 11 is 18.5. The Hall–Kier alpha value is -2.78. The number of anilines is 1. The lowest BCUT2D eigenvalue weighted by Crippen LogP contribution is -2.52. The summed E-state index contributed by atoms with van der Waals surface area (Å²) in [6.45, 7) is 6.58. The first-order valence-corrected chi connectivity index (χ1v) is 15.3. The minimum atomic E-state index is -4.19. The number of nitrogens with zero attached hydrogens (tertiary/aromatic N) is 2. The molecule has 0 bridgehead atoms. The molecule has 0 saturated heterocycles. The van der Waals surface area contributed by atoms with Gasteiger partial charge in [-0.3, -0.25) is 13.9 Å². The van der Waals surface area contributed by atoms with Crippen molar-refractivity contribution < 1.29 is 18.0 Å². The molecule has 0 spiro atoms. The molecule has 11 heteroatoms. The first-order valence-electron chi connectivity index (χ1n) is 12.7. The number of sulfonamides is 1. The van der Waals surface area contributed by atoms with Crippen molar-refractivity contribution >= 4 is 62.3 Å². The van der Waals surface area contributed by atoms with Crippen molar-refractivity contribution in [2.24, 2.45) is 0 Å². The molecule has 3 aromatic carbocycles. The smallest absolute Gasteiger partial charge is 0.264 e. The molecule has 7 nitrogen and oxygen atoms in total. The van der Waals surface area contributed by atoms with E-state index in [1.165, 1.54) is 29.2 Å². The third-order valence-corrected chi connectivity index (χ3v) is 9.20. The molecule has 0 aliphatic heterocycles. The van der Waals surface area contributed by atoms with Crippen LogP contribution >= 0.6 is 34.8 Å². The third kappa shape index (κ3) is 7.69. The second kappa shape index (κ2) is 13.7. The monoisotopic (exact) mass is 623 g/mol. The molecular formula is C29H32Cl3N3O4S. The van der Waals surface area contributed by atoms with Crippen molar-refractivity contribution in [3.05, 3.63) is 92.9 Å². The van der Waals surface area contributed by atoms with Crippen molar-refractivity contribution in [2.75, 3.05) is 10.8 Å². The topological polar surface area (TPSA) is 86.8 Å². The maximum absolute atomic E-state index is 14.0. The number of nitrogens with one attached hydrogen (secondary N) is 1. The number of carbonyl (C=O) groups excluding carboxylic acids is 2. The van der Waals surface area contributed by atoms with E-state index in [2.05, 4.69) is 5.32 Å². The zero-order chi connectivity index (χ0) is 29.6. The predicted octanol–water partition coefficient (Wildman–Crippen LogP) is 6.48. The van der Waals surface area contributed by atoms with Gasteiger partial charge >= 0.3 is 0 Å². The minimum absolute atomic E-state index is 0.0252. The standard InChI is InChI=1S/C29H32Cl3N3O4S/c1-5-20(3)33-29(37)21(4)34(17-22-10-11-24(31)16-26(22)32)28(36)18-35(27-9-7-6-8-19(27)2)40(38,39)25-14-12-23(30)13-15-25/h6-16,20-21H,5,17-18H2,1-4H3,(H,33,37)/t20-,21-/m1/s1. The second-order valence-corrected chi connectivity index (χ2v) is 12.6. The Kier molecular flexibility index (Phi) is 10.9. The Morgan fingerprint density at radius 1 is 0.925 bits per heavy atom. The Balaban J connectivity index is 2.06. The highest BCUT2D eigenvalue weighted by Crippen LogP contribution is 2.29. The summed E-state index contributed by atoms with van der Waals surface area (Å²) in [6.07, 6.45) is 0.704. The number of rotatable bonds is 11. The van der Waals surface area contributed by atoms with Crippen LogP contribution in [-0.2, 0) is 26.2 Å². The largest absolute Gasteiger partial charge is 0.352 e. The summed E-state index contributed by atoms with van der Waals surface area (Å²) in [5, 5.41) is 4.03. The summed E-state index contributed by atoms with van der Waals surface area (Å²) in [4.78, 5) is 28.5. The van der Waals surface area contributed by atoms with Crippen LogP contribution in [0.25, 0.3) is 0 Å². The Morgan fingerprint density at radius 3 is 2.15 bits per heavy atom. The summed E-state index contributed by atoms with van der Waals surface area (Å²) in [5.41, 5.74) is 1.56. The lowest BCUT2D eigenvalue weighted by atomic mass is 10.1. The van der Waals surface area contributed by atoms with Gasteiger partial charge in [-0.25, -0.2) is 8.42 Å². The Labute approximate surface area is 251 Å². The molecule has 0 saturated carbocycles. The fourth-order valence-corrected chi connectivity index (χ4v) is 6.04. The molecule has 2 atom stereocenters. The molecule has 0 aromatic heterocycles. The number of benzene rings is 3. The highest BCUT2D eigenvalue weighted by molar-refractivity contribution is 7.92. The zero-order valence-electron chi connectivity index (χ0n) is 22.7. The Morgan fingerprint density at radius 2 is 1.55 bits per heavy atom. The molecule has 40 heavy (non-hydrogen) atoms. The van der Waals surface area contributed by atoms with Gasteiger partial charge in [0.15, 0.2) is 0 Å². The second-order valence-electron chi connectivity index (χ2n) is 9.50. The van der Waals surface area contributed by atoms with Gasteiger partial charge in [-0.2, -0.15) is 0 Å². The molecule has 214 valence electrons. The molecule has 0 aliphatic rings. The Bertz CT molecular complexity index is 1470. The van der Waals surface area contributed by atoms with Crippen LogP contribution in [0, 0.1) is 6.92 Å². The highest BCUT2D eigenvalue weighted by Gasteiger charge is 2.33. The van der Waals surface area contributed by atoms with E-state index >= 15 is 0 Å². The average Bonchev–Trinajstić information content (AvgIpc) is 2.91. The summed E-state index contributed by atoms with van der Waals surface area (Å²) in [5.74, 6) is -0.950. The van der Waals surface area contributed by atoms with Gasteiger partial charge in [-0.05, 0) is 80.8 Å². The molecule has 0 aliphatic carbocycles. The average molecular weight is 625 g/mol. The van der Waals surface area contributed by atoms with Crippen molar-refractivity contribution in [1.29, 1.82) is 0 Å². The van der Waals surface area contributed by atoms with Gasteiger partial charge in [0, 0.05) is 27.7 Å². The van der Waals surface area contributed by atoms with E-state index in [-0.39, 0.29) is 23.4 Å². The zero-order valence-corrected chi connectivity index (χ0v) is 25.8. The van der Waals surface area contributed by atoms with E-state index in [1.54, 1.807) is 56.3 Å². The lowest BCUT2D eigenvalue weighted by molar-refractivity contribution is -0.139. The van der Waals surface area contributed by atoms with Gasteiger partial charge in [0.05, 0.1) is 10.6 Å². The maximum atomic E-state index is 14.0. The fraction of sp³-hybridized carbons (Fsp3) is 0.310. The van der Waals surface area contributed by atoms with Crippen LogP contribution in [-0.4, -0.2) is 43.8 Å². The van der Waals surface area contributed by atoms with Crippen LogP contribution in [0.15, 0.2) is 71.6 Å². The number of hydrogen-bond donors (Lipinski definition) is 1. The molecule has 2 amide bonds. The predicted molar refractivity (Wildman–Crippen MR) is 162 cm³/mol. The first kappa shape index (κ1) is 31.7. The quantitative estimate of drug-likeness (QED) is 0.265. The maximum Gasteiger partial charge on any atom is 0.264 e. The number of halogens is 3. The first-order chi connectivity index (χ1) is 18.8. The van der Waals surface area contributed by atoms with Crippen LogP contribution in [0.5, 0.6) is 0 Å². The molecule has 0 heterocycles. The summed E-state index contributed by atoms with van der Waals surface area (Å²) < 4.78 is 28.8. The number of hydrogen-bond acceptors (Lipinski definition) is 4. The van der Waals surface area contributed by atoms with E-state index in [9.17, 15) is 18.0 Å². The van der Waals surface area contributed by atoms with Crippen molar-refractivity contribution in [3.8, 4) is 0 Å². The number of para-hydroxylation sites is 1. The van der Waals surface area contributed by atoms with Gasteiger partial charge in [-0.1, -0.05) is 66.0 Å². The lowest BCUT2D eigenvalue weighted by Gasteiger charge is -2.33. The van der Waals surface area contributed by atoms with Crippen molar-refractivity contribution in [1.82, 2.24) is 10.2 Å². The van der Waals surface area contributed by atoms with Crippen molar-refractivity contribution in [2.45, 2.75) is 57.6 Å². The van der Waals surface area contributed by atoms with Crippen molar-refractivity contribution in [3.63, 3.8) is 0 Å². The number of aryl methyl sites for hydroxylation is 1. The highest BCUT2D eigenvalue weighted by atomic mass is 35.5. The molecule has 0 unspecified atom stereocenters. The normalized spacial score (nSPS) is 12.9. The summed E-state index contributed by atoms with van der Waals surface area (Å²) in [6, 6.07) is 16.4. The van der Waals surface area contributed by atoms with Crippen LogP contribution < -0.4 is 9.62 Å². The molecule has 0 fully saturated rings. The van der Waals surface area contributed by atoms with E-state index in [0.717, 1.165) is 4.31 Å². The van der Waals surface area contributed by atoms with Gasteiger partial charge in [-0.15, -0.1) is 0 Å². The van der Waals surface area contributed by atoms with E-state index in [0.29, 0.717) is 38.3 Å². The van der Waals surface area contributed by atoms with Gasteiger partial charge in [0.25, 0.3) is 10.0 Å². The molecule has 0 radical (unpaired) electrons. The third-order valence-electron chi connectivity index (χ3n) is 6.59. The van der Waals surface area contributed by atoms with E-state index in [4.69, 9.17) is 34.8 Å². The number of amides is 2. The molecular weight excluding hydrogens is 593 g/mol. The summed E-state index contributed by atoms with van der Waals surface area (Å²) in [7, 11) is -4.19. The van der Waals surface area contributed by atoms with E-state index < -0.39 is 28.5 Å².